The second-order valence-electron chi connectivity index (χ2n) is 14.9. The lowest BCUT2D eigenvalue weighted by molar-refractivity contribution is -0.219. The summed E-state index contributed by atoms with van der Waals surface area (Å²) in [5.41, 5.74) is -0.781. The molecule has 0 radical (unpaired) electrons. The molecule has 0 aromatic carbocycles. The first kappa shape index (κ1) is 26.9. The number of esters is 1. The zero-order valence-corrected chi connectivity index (χ0v) is 24.3. The molecular formula is C32H48O5. The minimum absolute atomic E-state index is 0.118. The number of carboxylic acid groups (broad SMARTS) is 1. The zero-order chi connectivity index (χ0) is 27.3. The molecule has 0 aromatic rings. The van der Waals surface area contributed by atoms with Gasteiger partial charge in [-0.25, -0.2) is 0 Å². The fourth-order valence-corrected chi connectivity index (χ4v) is 11.1. The van der Waals surface area contributed by atoms with Crippen LogP contribution in [0.15, 0.2) is 11.6 Å². The summed E-state index contributed by atoms with van der Waals surface area (Å²) in [6.45, 7) is 17.3. The summed E-state index contributed by atoms with van der Waals surface area (Å²) < 4.78 is 5.77. The molecule has 0 bridgehead atoms. The highest BCUT2D eigenvalue weighted by Crippen LogP contribution is 2.75. The molecule has 0 unspecified atom stereocenters. The maximum absolute atomic E-state index is 14.4. The largest absolute Gasteiger partial charge is 0.481 e. The van der Waals surface area contributed by atoms with Crippen molar-refractivity contribution >= 4 is 17.7 Å². The van der Waals surface area contributed by atoms with Crippen molar-refractivity contribution in [3.63, 3.8) is 0 Å². The van der Waals surface area contributed by atoms with Crippen LogP contribution in [0.2, 0.25) is 0 Å². The van der Waals surface area contributed by atoms with Crippen molar-refractivity contribution in [2.45, 2.75) is 113 Å². The summed E-state index contributed by atoms with van der Waals surface area (Å²) in [6, 6.07) is 0. The monoisotopic (exact) mass is 512 g/mol. The Bertz CT molecular complexity index is 1060. The Hall–Kier alpha value is -1.65. The second-order valence-corrected chi connectivity index (χ2v) is 14.9. The van der Waals surface area contributed by atoms with Gasteiger partial charge >= 0.3 is 11.9 Å². The molecular weight excluding hydrogens is 464 g/mol. The second kappa shape index (κ2) is 8.18. The van der Waals surface area contributed by atoms with Crippen molar-refractivity contribution in [3.05, 3.63) is 11.6 Å². The van der Waals surface area contributed by atoms with Gasteiger partial charge in [-0.05, 0) is 97.9 Å². The number of ketones is 1. The van der Waals surface area contributed by atoms with Crippen LogP contribution < -0.4 is 0 Å². The number of carbonyl (C=O) groups is 3. The minimum Gasteiger partial charge on any atom is -0.481 e. The Morgan fingerprint density at radius 3 is 2.24 bits per heavy atom. The van der Waals surface area contributed by atoms with Crippen molar-refractivity contribution in [2.24, 2.45) is 56.7 Å². The molecule has 5 rings (SSSR count). The lowest BCUT2D eigenvalue weighted by atomic mass is 9.32. The molecule has 5 nitrogen and oxygen atoms in total. The molecule has 5 aliphatic rings. The van der Waals surface area contributed by atoms with Crippen LogP contribution in [-0.4, -0.2) is 28.9 Å². The maximum atomic E-state index is 14.4. The van der Waals surface area contributed by atoms with Gasteiger partial charge in [0.05, 0.1) is 5.41 Å². The third kappa shape index (κ3) is 3.24. The topological polar surface area (TPSA) is 80.7 Å². The van der Waals surface area contributed by atoms with E-state index in [0.717, 1.165) is 50.5 Å². The van der Waals surface area contributed by atoms with Crippen LogP contribution in [0.3, 0.4) is 0 Å². The molecule has 5 aliphatic carbocycles. The van der Waals surface area contributed by atoms with Gasteiger partial charge in [-0.2, -0.15) is 0 Å². The molecule has 0 saturated heterocycles. The van der Waals surface area contributed by atoms with E-state index in [2.05, 4.69) is 48.5 Å². The van der Waals surface area contributed by atoms with Crippen molar-refractivity contribution in [2.75, 3.05) is 0 Å². The summed E-state index contributed by atoms with van der Waals surface area (Å²) >= 11 is 0. The highest BCUT2D eigenvalue weighted by atomic mass is 16.5. The van der Waals surface area contributed by atoms with Crippen LogP contribution in [0.5, 0.6) is 0 Å². The van der Waals surface area contributed by atoms with Crippen molar-refractivity contribution in [1.29, 1.82) is 0 Å². The molecule has 5 heteroatoms. The average molecular weight is 513 g/mol. The van der Waals surface area contributed by atoms with Gasteiger partial charge in [0.1, 0.15) is 6.10 Å². The number of aliphatic carboxylic acids is 1. The highest BCUT2D eigenvalue weighted by molar-refractivity contribution is 5.98. The number of fused-ring (bicyclic) bond motifs is 7. The first-order valence-corrected chi connectivity index (χ1v) is 14.7. The number of hydrogen-bond donors (Lipinski definition) is 1. The van der Waals surface area contributed by atoms with Gasteiger partial charge in [0, 0.05) is 17.8 Å². The molecule has 0 heterocycles. The number of rotatable bonds is 2. The van der Waals surface area contributed by atoms with E-state index in [1.54, 1.807) is 0 Å². The highest BCUT2D eigenvalue weighted by Gasteiger charge is 2.72. The first-order chi connectivity index (χ1) is 17.1. The third-order valence-corrected chi connectivity index (χ3v) is 13.5. The Morgan fingerprint density at radius 2 is 1.62 bits per heavy atom. The van der Waals surface area contributed by atoms with Gasteiger partial charge in [-0.15, -0.1) is 0 Å². The molecule has 37 heavy (non-hydrogen) atoms. The number of allylic oxidation sites excluding steroid dienone is 1. The lowest BCUT2D eigenvalue weighted by Gasteiger charge is -2.70. The van der Waals surface area contributed by atoms with E-state index in [-0.39, 0.29) is 46.4 Å². The van der Waals surface area contributed by atoms with Crippen LogP contribution in [0.25, 0.3) is 0 Å². The van der Waals surface area contributed by atoms with Crippen LogP contribution in [0.4, 0.5) is 0 Å². The van der Waals surface area contributed by atoms with Crippen LogP contribution >= 0.6 is 0 Å². The molecule has 4 fully saturated rings. The van der Waals surface area contributed by atoms with Gasteiger partial charge in [-0.3, -0.25) is 14.4 Å². The quantitative estimate of drug-likeness (QED) is 0.410. The van der Waals surface area contributed by atoms with Crippen LogP contribution in [0.1, 0.15) is 107 Å². The fourth-order valence-electron chi connectivity index (χ4n) is 11.1. The van der Waals surface area contributed by atoms with E-state index < -0.39 is 22.2 Å². The summed E-state index contributed by atoms with van der Waals surface area (Å²) in [5, 5.41) is 10.6. The van der Waals surface area contributed by atoms with Crippen molar-refractivity contribution in [3.8, 4) is 0 Å². The number of hydrogen-bond acceptors (Lipinski definition) is 4. The summed E-state index contributed by atoms with van der Waals surface area (Å²) in [6.07, 6.45) is 8.64. The van der Waals surface area contributed by atoms with E-state index in [0.29, 0.717) is 18.3 Å². The molecule has 0 aromatic heterocycles. The Labute approximate surface area is 223 Å². The molecule has 0 spiro atoms. The maximum Gasteiger partial charge on any atom is 0.309 e. The predicted molar refractivity (Wildman–Crippen MR) is 143 cm³/mol. The standard InChI is InChI=1S/C32H48O5/c1-18-11-14-32(27(35)36)16-15-30(7)21(26(32)19(18)2)9-10-22-29(6)13-12-25(37-20(3)33)28(4,5)23(29)17-24(34)31(22,30)8/h17-19,21-22,25-26H,9-16H2,1-8H3,(H,35,36)/t18-,19+,21-,22-,25+,26-,29-,30-,31+,32+/m1/s1. The predicted octanol–water partition coefficient (Wildman–Crippen LogP) is 6.84. The number of ether oxygens (including phenoxy) is 1. The van der Waals surface area contributed by atoms with Gasteiger partial charge < -0.3 is 9.84 Å². The molecule has 0 amide bonds. The molecule has 0 aliphatic heterocycles. The van der Waals surface area contributed by atoms with Gasteiger partial charge in [0.2, 0.25) is 0 Å². The van der Waals surface area contributed by atoms with Gasteiger partial charge in [0.15, 0.2) is 5.78 Å². The molecule has 206 valence electrons. The smallest absolute Gasteiger partial charge is 0.309 e. The molecule has 10 atom stereocenters. The number of carboxylic acids is 1. The van der Waals surface area contributed by atoms with Crippen LogP contribution in [-0.2, 0) is 19.1 Å². The normalized spacial score (nSPS) is 50.5. The first-order valence-electron chi connectivity index (χ1n) is 14.7. The number of carbonyl (C=O) groups excluding carboxylic acids is 2. The van der Waals surface area contributed by atoms with Gasteiger partial charge in [-0.1, -0.05) is 54.0 Å². The summed E-state index contributed by atoms with van der Waals surface area (Å²) in [5.74, 6) is 0.758. The molecule has 4 saturated carbocycles. The lowest BCUT2D eigenvalue weighted by Crippen LogP contribution is -2.68. The third-order valence-electron chi connectivity index (χ3n) is 13.5. The Balaban J connectivity index is 1.61. The Morgan fingerprint density at radius 1 is 0.946 bits per heavy atom. The summed E-state index contributed by atoms with van der Waals surface area (Å²) in [7, 11) is 0. The van der Waals surface area contributed by atoms with E-state index in [1.807, 2.05) is 6.08 Å². The Kier molecular flexibility index (Phi) is 5.95. The van der Waals surface area contributed by atoms with Crippen LogP contribution in [0, 0.1) is 56.7 Å². The fraction of sp³-hybridized carbons (Fsp3) is 0.844. The van der Waals surface area contributed by atoms with E-state index >= 15 is 0 Å². The van der Waals surface area contributed by atoms with Gasteiger partial charge in [0.25, 0.3) is 0 Å². The summed E-state index contributed by atoms with van der Waals surface area (Å²) in [4.78, 5) is 39.2. The van der Waals surface area contributed by atoms with E-state index in [1.165, 1.54) is 6.92 Å². The molecule has 1 N–H and O–H groups in total. The van der Waals surface area contributed by atoms with E-state index in [9.17, 15) is 19.5 Å². The zero-order valence-electron chi connectivity index (χ0n) is 24.3. The SMILES string of the molecule is CC(=O)O[C@H]1CC[C@@]2(C)C(=CC(=O)[C@]3(C)[C@@H]2CC[C@@H]2[C@H]4[C@@H](C)[C@H](C)CC[C@]4(C(=O)O)CC[C@]23C)C1(C)C. The van der Waals surface area contributed by atoms with E-state index in [4.69, 9.17) is 4.74 Å². The average Bonchev–Trinajstić information content (AvgIpc) is 2.81. The van der Waals surface area contributed by atoms with Crippen molar-refractivity contribution < 1.29 is 24.2 Å². The minimum atomic E-state index is -0.647. The van der Waals surface area contributed by atoms with Crippen molar-refractivity contribution in [1.82, 2.24) is 0 Å².